The lowest BCUT2D eigenvalue weighted by atomic mass is 10.2. The van der Waals surface area contributed by atoms with Gasteiger partial charge in [0, 0.05) is 18.7 Å². The van der Waals surface area contributed by atoms with Crippen molar-refractivity contribution in [2.24, 2.45) is 0 Å². The smallest absolute Gasteiger partial charge is 0.224 e. The van der Waals surface area contributed by atoms with Gasteiger partial charge in [-0.15, -0.1) is 0 Å². The molecule has 6 nitrogen and oxygen atoms in total. The lowest BCUT2D eigenvalue weighted by Crippen LogP contribution is -2.24. The molecule has 0 saturated carbocycles. The van der Waals surface area contributed by atoms with Crippen molar-refractivity contribution in [3.05, 3.63) is 23.5 Å². The number of ether oxygens (including phenoxy) is 2. The summed E-state index contributed by atoms with van der Waals surface area (Å²) >= 11 is 5.99. The minimum atomic E-state index is -0.679. The molecule has 0 spiro atoms. The van der Waals surface area contributed by atoms with E-state index >= 15 is 0 Å². The van der Waals surface area contributed by atoms with E-state index in [0.717, 1.165) is 10.9 Å². The molecule has 3 atom stereocenters. The van der Waals surface area contributed by atoms with E-state index in [1.807, 2.05) is 16.8 Å². The molecule has 2 N–H and O–H groups in total. The first-order valence-electron chi connectivity index (χ1n) is 6.29. The molecular weight excluding hydrogens is 284 g/mol. The van der Waals surface area contributed by atoms with Gasteiger partial charge in [-0.05, 0) is 6.07 Å². The molecule has 0 unspecified atom stereocenters. The van der Waals surface area contributed by atoms with E-state index in [1.54, 1.807) is 6.07 Å². The lowest BCUT2D eigenvalue weighted by molar-refractivity contribution is -0.0429. The number of hydrogen-bond donors (Lipinski definition) is 2. The molecule has 1 fully saturated rings. The summed E-state index contributed by atoms with van der Waals surface area (Å²) in [5.74, 6) is 0.448. The van der Waals surface area contributed by atoms with E-state index < -0.39 is 12.2 Å². The molecule has 2 aromatic rings. The highest BCUT2D eigenvalue weighted by Gasteiger charge is 2.34. The predicted octanol–water partition coefficient (Wildman–Crippen LogP) is 1.34. The van der Waals surface area contributed by atoms with Crippen molar-refractivity contribution in [2.45, 2.75) is 24.9 Å². The highest BCUT2D eigenvalue weighted by atomic mass is 35.5. The van der Waals surface area contributed by atoms with E-state index in [2.05, 4.69) is 4.98 Å². The number of methoxy groups -OCH3 is 1. The first kappa shape index (κ1) is 13.6. The van der Waals surface area contributed by atoms with Crippen LogP contribution in [0.25, 0.3) is 10.9 Å². The number of aromatic nitrogens is 2. The summed E-state index contributed by atoms with van der Waals surface area (Å²) in [6.45, 7) is -0.206. The van der Waals surface area contributed by atoms with Crippen LogP contribution < -0.4 is 4.74 Å². The van der Waals surface area contributed by atoms with Crippen LogP contribution in [0, 0.1) is 0 Å². The van der Waals surface area contributed by atoms with Crippen LogP contribution in [0.2, 0.25) is 5.15 Å². The molecule has 0 bridgehead atoms. The summed E-state index contributed by atoms with van der Waals surface area (Å²) in [5, 5.41) is 20.1. The molecule has 0 aromatic carbocycles. The zero-order chi connectivity index (χ0) is 14.3. The number of hydrogen-bond acceptors (Lipinski definition) is 5. The Kier molecular flexibility index (Phi) is 3.55. The summed E-state index contributed by atoms with van der Waals surface area (Å²) in [5.41, 5.74) is 0.817. The average molecular weight is 299 g/mol. The van der Waals surface area contributed by atoms with Gasteiger partial charge in [0.05, 0.1) is 30.7 Å². The average Bonchev–Trinajstić information content (AvgIpc) is 3.00. The summed E-state index contributed by atoms with van der Waals surface area (Å²) in [4.78, 5) is 4.11. The fraction of sp³-hybridized carbons (Fsp3) is 0.462. The van der Waals surface area contributed by atoms with Gasteiger partial charge in [-0.25, -0.2) is 4.98 Å². The van der Waals surface area contributed by atoms with Gasteiger partial charge in [0.15, 0.2) is 0 Å². The maximum Gasteiger partial charge on any atom is 0.224 e. The van der Waals surface area contributed by atoms with Crippen molar-refractivity contribution < 1.29 is 19.7 Å². The van der Waals surface area contributed by atoms with Gasteiger partial charge in [0.25, 0.3) is 0 Å². The molecule has 0 radical (unpaired) electrons. The Morgan fingerprint density at radius 2 is 2.40 bits per heavy atom. The first-order valence-corrected chi connectivity index (χ1v) is 6.67. The fourth-order valence-corrected chi connectivity index (χ4v) is 2.73. The summed E-state index contributed by atoms with van der Waals surface area (Å²) in [7, 11) is 1.53. The van der Waals surface area contributed by atoms with Crippen LogP contribution >= 0.6 is 11.6 Å². The van der Waals surface area contributed by atoms with E-state index in [9.17, 15) is 5.11 Å². The Hall–Kier alpha value is -1.34. The topological polar surface area (TPSA) is 76.7 Å². The molecular formula is C13H15ClN2O4. The molecule has 3 heterocycles. The Bertz CT molecular complexity index is 630. The van der Waals surface area contributed by atoms with E-state index in [1.165, 1.54) is 7.11 Å². The minimum absolute atomic E-state index is 0.206. The van der Waals surface area contributed by atoms with Crippen molar-refractivity contribution in [3.8, 4) is 5.88 Å². The fourth-order valence-electron chi connectivity index (χ4n) is 2.55. The van der Waals surface area contributed by atoms with E-state index in [-0.39, 0.29) is 12.8 Å². The molecule has 3 rings (SSSR count). The van der Waals surface area contributed by atoms with Gasteiger partial charge >= 0.3 is 0 Å². The molecule has 0 amide bonds. The number of fused-ring (bicyclic) bond motifs is 1. The van der Waals surface area contributed by atoms with Crippen LogP contribution in [0.1, 0.15) is 12.6 Å². The largest absolute Gasteiger partial charge is 0.480 e. The van der Waals surface area contributed by atoms with Gasteiger partial charge in [0.2, 0.25) is 5.88 Å². The normalized spacial score (nSPS) is 26.3. The van der Waals surface area contributed by atoms with Crippen LogP contribution in [0.4, 0.5) is 0 Å². The van der Waals surface area contributed by atoms with Crippen molar-refractivity contribution in [2.75, 3.05) is 13.7 Å². The Balaban J connectivity index is 2.03. The highest BCUT2D eigenvalue weighted by Crippen LogP contribution is 2.34. The zero-order valence-electron chi connectivity index (χ0n) is 10.9. The molecule has 7 heteroatoms. The third kappa shape index (κ3) is 2.14. The SMILES string of the molecule is COc1nc(Cl)cc2c1ccn2[C@H]1C[C@H](O)[C@@H](CO)O1. The zero-order valence-corrected chi connectivity index (χ0v) is 11.6. The Labute approximate surface area is 120 Å². The van der Waals surface area contributed by atoms with Crippen molar-refractivity contribution >= 4 is 22.5 Å². The Morgan fingerprint density at radius 3 is 3.05 bits per heavy atom. The molecule has 1 saturated heterocycles. The standard InChI is InChI=1S/C13H15ClN2O4/c1-19-13-7-2-3-16(8(7)4-11(14)15-13)12-5-9(18)10(6-17)20-12/h2-4,9-10,12,17-18H,5-6H2,1H3/t9-,10+,12+/m0/s1. The Morgan fingerprint density at radius 1 is 1.60 bits per heavy atom. The second kappa shape index (κ2) is 5.21. The summed E-state index contributed by atoms with van der Waals surface area (Å²) < 4.78 is 12.7. The molecule has 1 aliphatic heterocycles. The van der Waals surface area contributed by atoms with Crippen LogP contribution in [0.15, 0.2) is 18.3 Å². The van der Waals surface area contributed by atoms with Crippen molar-refractivity contribution in [1.82, 2.24) is 9.55 Å². The van der Waals surface area contributed by atoms with E-state index in [0.29, 0.717) is 17.5 Å². The third-order valence-corrected chi connectivity index (χ3v) is 3.73. The van der Waals surface area contributed by atoms with Crippen LogP contribution in [0.3, 0.4) is 0 Å². The lowest BCUT2D eigenvalue weighted by Gasteiger charge is -2.15. The summed E-state index contributed by atoms with van der Waals surface area (Å²) in [6.07, 6.45) is 0.667. The summed E-state index contributed by atoms with van der Waals surface area (Å²) in [6, 6.07) is 3.58. The predicted molar refractivity (Wildman–Crippen MR) is 72.9 cm³/mol. The van der Waals surface area contributed by atoms with Gasteiger partial charge in [0.1, 0.15) is 17.5 Å². The van der Waals surface area contributed by atoms with E-state index in [4.69, 9.17) is 26.2 Å². The van der Waals surface area contributed by atoms with Crippen LogP contribution in [-0.4, -0.2) is 45.7 Å². The number of rotatable bonds is 3. The molecule has 2 aromatic heterocycles. The number of halogens is 1. The second-order valence-electron chi connectivity index (χ2n) is 4.72. The van der Waals surface area contributed by atoms with Crippen molar-refractivity contribution in [1.29, 1.82) is 0 Å². The first-order chi connectivity index (χ1) is 9.63. The quantitative estimate of drug-likeness (QED) is 0.836. The maximum atomic E-state index is 9.82. The number of aliphatic hydroxyl groups is 2. The number of aliphatic hydroxyl groups excluding tert-OH is 2. The van der Waals surface area contributed by atoms with Crippen LogP contribution in [0.5, 0.6) is 5.88 Å². The minimum Gasteiger partial charge on any atom is -0.480 e. The highest BCUT2D eigenvalue weighted by molar-refractivity contribution is 6.30. The molecule has 1 aliphatic rings. The maximum absolute atomic E-state index is 9.82. The molecule has 108 valence electrons. The molecule has 0 aliphatic carbocycles. The number of nitrogens with zero attached hydrogens (tertiary/aromatic N) is 2. The van der Waals surface area contributed by atoms with Crippen molar-refractivity contribution in [3.63, 3.8) is 0 Å². The van der Waals surface area contributed by atoms with Gasteiger partial charge in [-0.3, -0.25) is 0 Å². The molecule has 20 heavy (non-hydrogen) atoms. The second-order valence-corrected chi connectivity index (χ2v) is 5.11. The van der Waals surface area contributed by atoms with Gasteiger partial charge in [-0.1, -0.05) is 11.6 Å². The van der Waals surface area contributed by atoms with Gasteiger partial charge in [-0.2, -0.15) is 0 Å². The van der Waals surface area contributed by atoms with Crippen LogP contribution in [-0.2, 0) is 4.74 Å². The monoisotopic (exact) mass is 298 g/mol. The number of pyridine rings is 1. The van der Waals surface area contributed by atoms with Gasteiger partial charge < -0.3 is 24.3 Å². The third-order valence-electron chi connectivity index (χ3n) is 3.54.